The fourth-order valence-electron chi connectivity index (χ4n) is 3.56. The molecule has 2 aliphatic heterocycles. The van der Waals surface area contributed by atoms with Crippen LogP contribution in [0.5, 0.6) is 23.0 Å². The first-order valence-corrected chi connectivity index (χ1v) is 8.97. The fraction of sp³-hybridized carbons (Fsp3) is 0.381. The van der Waals surface area contributed by atoms with Crippen LogP contribution in [-0.4, -0.2) is 32.2 Å². The second-order valence-electron chi connectivity index (χ2n) is 6.59. The van der Waals surface area contributed by atoms with Gasteiger partial charge in [0.15, 0.2) is 23.0 Å². The quantitative estimate of drug-likeness (QED) is 0.838. The van der Waals surface area contributed by atoms with Crippen molar-refractivity contribution in [3.63, 3.8) is 0 Å². The fourth-order valence-corrected chi connectivity index (χ4v) is 3.56. The lowest BCUT2D eigenvalue weighted by molar-refractivity contribution is -0.121. The molecular weight excluding hydrogens is 332 g/mol. The Balaban J connectivity index is 1.64. The Bertz CT molecular complexity index is 762. The predicted octanol–water partition coefficient (Wildman–Crippen LogP) is 3.71. The topological polar surface area (TPSA) is 54.0 Å². The number of carbonyl (C=O) groups is 1. The zero-order valence-electron chi connectivity index (χ0n) is 15.0. The number of rotatable bonds is 4. The van der Waals surface area contributed by atoms with Crippen molar-refractivity contribution in [2.75, 3.05) is 26.4 Å². The van der Waals surface area contributed by atoms with Crippen LogP contribution in [0.25, 0.3) is 0 Å². The van der Waals surface area contributed by atoms with E-state index in [9.17, 15) is 4.79 Å². The predicted molar refractivity (Wildman–Crippen MR) is 96.7 cm³/mol. The third-order valence-electron chi connectivity index (χ3n) is 4.98. The van der Waals surface area contributed by atoms with Gasteiger partial charge in [-0.1, -0.05) is 38.1 Å². The van der Waals surface area contributed by atoms with Gasteiger partial charge in [-0.25, -0.2) is 0 Å². The average molecular weight is 354 g/mol. The Morgan fingerprint density at radius 2 is 1.15 bits per heavy atom. The molecule has 2 heterocycles. The van der Waals surface area contributed by atoms with E-state index in [2.05, 4.69) is 0 Å². The Labute approximate surface area is 152 Å². The van der Waals surface area contributed by atoms with Crippen molar-refractivity contribution in [2.45, 2.75) is 25.7 Å². The summed E-state index contributed by atoms with van der Waals surface area (Å²) in [6.07, 6.45) is 0. The summed E-state index contributed by atoms with van der Waals surface area (Å²) in [5, 5.41) is 0. The number of ketones is 1. The molecule has 0 amide bonds. The molecule has 0 bridgehead atoms. The SMILES string of the molecule is CC(C(=O)C(C)c1cccc2c1OCCO2)c1cccc2c1OCCO2. The largest absolute Gasteiger partial charge is 0.486 e. The molecule has 0 spiro atoms. The van der Waals surface area contributed by atoms with Gasteiger partial charge < -0.3 is 18.9 Å². The van der Waals surface area contributed by atoms with Crippen molar-refractivity contribution >= 4 is 5.78 Å². The molecule has 0 radical (unpaired) electrons. The monoisotopic (exact) mass is 354 g/mol. The summed E-state index contributed by atoms with van der Waals surface area (Å²) in [5.41, 5.74) is 1.72. The minimum Gasteiger partial charge on any atom is -0.486 e. The second-order valence-corrected chi connectivity index (χ2v) is 6.59. The van der Waals surface area contributed by atoms with Crippen molar-refractivity contribution < 1.29 is 23.7 Å². The minimum absolute atomic E-state index is 0.107. The van der Waals surface area contributed by atoms with Crippen LogP contribution in [0.15, 0.2) is 36.4 Å². The van der Waals surface area contributed by atoms with E-state index in [0.29, 0.717) is 49.4 Å². The molecule has 0 saturated heterocycles. The first-order chi connectivity index (χ1) is 12.7. The van der Waals surface area contributed by atoms with Crippen LogP contribution in [-0.2, 0) is 4.79 Å². The standard InChI is InChI=1S/C21H22O5/c1-13(15-5-3-7-17-20(15)25-11-9-23-17)19(22)14(2)16-6-4-8-18-21(16)26-12-10-24-18/h3-8,13-14H,9-12H2,1-2H3. The lowest BCUT2D eigenvalue weighted by Crippen LogP contribution is -2.22. The maximum Gasteiger partial charge on any atom is 0.165 e. The molecule has 0 saturated carbocycles. The summed E-state index contributed by atoms with van der Waals surface area (Å²) in [6.45, 7) is 5.89. The molecule has 0 aliphatic carbocycles. The summed E-state index contributed by atoms with van der Waals surface area (Å²) >= 11 is 0. The van der Waals surface area contributed by atoms with Gasteiger partial charge in [0.05, 0.1) is 0 Å². The molecule has 5 nitrogen and oxygen atoms in total. The highest BCUT2D eigenvalue weighted by Crippen LogP contribution is 2.42. The number of fused-ring (bicyclic) bond motifs is 2. The molecule has 2 aromatic rings. The van der Waals surface area contributed by atoms with E-state index in [0.717, 1.165) is 11.1 Å². The van der Waals surface area contributed by atoms with Crippen molar-refractivity contribution in [1.29, 1.82) is 0 Å². The molecule has 2 atom stereocenters. The number of para-hydroxylation sites is 2. The molecule has 5 heteroatoms. The first kappa shape index (κ1) is 16.8. The zero-order chi connectivity index (χ0) is 18.1. The molecule has 2 aromatic carbocycles. The Morgan fingerprint density at radius 1 is 0.731 bits per heavy atom. The summed E-state index contributed by atoms with van der Waals surface area (Å²) < 4.78 is 22.8. The Morgan fingerprint density at radius 3 is 1.62 bits per heavy atom. The highest BCUT2D eigenvalue weighted by Gasteiger charge is 2.30. The normalized spacial score (nSPS) is 17.3. The van der Waals surface area contributed by atoms with Crippen LogP contribution < -0.4 is 18.9 Å². The highest BCUT2D eigenvalue weighted by molar-refractivity contribution is 5.92. The Hall–Kier alpha value is -2.69. The van der Waals surface area contributed by atoms with Crippen LogP contribution in [0.2, 0.25) is 0 Å². The van der Waals surface area contributed by atoms with E-state index in [-0.39, 0.29) is 17.6 Å². The first-order valence-electron chi connectivity index (χ1n) is 8.97. The summed E-state index contributed by atoms with van der Waals surface area (Å²) in [5.74, 6) is 2.24. The van der Waals surface area contributed by atoms with Crippen molar-refractivity contribution in [2.24, 2.45) is 0 Å². The van der Waals surface area contributed by atoms with Gasteiger partial charge in [0.2, 0.25) is 0 Å². The molecule has 2 unspecified atom stereocenters. The molecular formula is C21H22O5. The average Bonchev–Trinajstić information content (AvgIpc) is 2.71. The summed E-state index contributed by atoms with van der Waals surface area (Å²) in [4.78, 5) is 13.2. The number of hydrogen-bond donors (Lipinski definition) is 0. The van der Waals surface area contributed by atoms with Gasteiger partial charge in [-0.2, -0.15) is 0 Å². The van der Waals surface area contributed by atoms with Crippen molar-refractivity contribution in [3.8, 4) is 23.0 Å². The van der Waals surface area contributed by atoms with Crippen LogP contribution in [0.3, 0.4) is 0 Å². The number of benzene rings is 2. The van der Waals surface area contributed by atoms with Gasteiger partial charge in [0, 0.05) is 23.0 Å². The van der Waals surface area contributed by atoms with Gasteiger partial charge in [-0.15, -0.1) is 0 Å². The number of hydrogen-bond acceptors (Lipinski definition) is 5. The summed E-state index contributed by atoms with van der Waals surface area (Å²) in [6, 6.07) is 11.4. The lowest BCUT2D eigenvalue weighted by atomic mass is 9.84. The van der Waals surface area contributed by atoms with Crippen LogP contribution in [0.1, 0.15) is 36.8 Å². The molecule has 0 fully saturated rings. The third kappa shape index (κ3) is 2.87. The smallest absolute Gasteiger partial charge is 0.165 e. The van der Waals surface area contributed by atoms with E-state index in [4.69, 9.17) is 18.9 Å². The summed E-state index contributed by atoms with van der Waals surface area (Å²) in [7, 11) is 0. The van der Waals surface area contributed by atoms with Crippen LogP contribution in [0.4, 0.5) is 0 Å². The Kier molecular flexibility index (Phi) is 4.45. The minimum atomic E-state index is -0.318. The maximum atomic E-state index is 13.2. The van der Waals surface area contributed by atoms with E-state index in [1.165, 1.54) is 0 Å². The molecule has 136 valence electrons. The number of ether oxygens (including phenoxy) is 4. The maximum absolute atomic E-state index is 13.2. The van der Waals surface area contributed by atoms with Gasteiger partial charge in [0.25, 0.3) is 0 Å². The van der Waals surface area contributed by atoms with E-state index < -0.39 is 0 Å². The lowest BCUT2D eigenvalue weighted by Gasteiger charge is -2.26. The van der Waals surface area contributed by atoms with Crippen LogP contribution in [0, 0.1) is 0 Å². The number of carbonyl (C=O) groups excluding carboxylic acids is 1. The number of Topliss-reactive ketones (excluding diaryl/α,β-unsaturated/α-hetero) is 1. The zero-order valence-corrected chi connectivity index (χ0v) is 15.0. The third-order valence-corrected chi connectivity index (χ3v) is 4.98. The molecule has 2 aliphatic rings. The van der Waals surface area contributed by atoms with Gasteiger partial charge in [0.1, 0.15) is 32.2 Å². The van der Waals surface area contributed by atoms with Crippen molar-refractivity contribution in [3.05, 3.63) is 47.5 Å². The second kappa shape index (κ2) is 6.90. The molecule has 4 rings (SSSR count). The molecule has 0 aromatic heterocycles. The van der Waals surface area contributed by atoms with Crippen molar-refractivity contribution in [1.82, 2.24) is 0 Å². The van der Waals surface area contributed by atoms with E-state index in [1.807, 2.05) is 50.2 Å². The van der Waals surface area contributed by atoms with Crippen LogP contribution >= 0.6 is 0 Å². The van der Waals surface area contributed by atoms with Gasteiger partial charge in [-0.05, 0) is 12.1 Å². The highest BCUT2D eigenvalue weighted by atomic mass is 16.6. The van der Waals surface area contributed by atoms with Gasteiger partial charge >= 0.3 is 0 Å². The van der Waals surface area contributed by atoms with E-state index >= 15 is 0 Å². The van der Waals surface area contributed by atoms with Gasteiger partial charge in [-0.3, -0.25) is 4.79 Å². The molecule has 0 N–H and O–H groups in total. The molecule has 26 heavy (non-hydrogen) atoms. The van der Waals surface area contributed by atoms with E-state index in [1.54, 1.807) is 0 Å².